The first-order valence-electron chi connectivity index (χ1n) is 5.77. The van der Waals surface area contributed by atoms with Gasteiger partial charge in [0.25, 0.3) is 5.56 Å². The van der Waals surface area contributed by atoms with Gasteiger partial charge in [-0.1, -0.05) is 11.8 Å². The zero-order chi connectivity index (χ0) is 13.2. The topological polar surface area (TPSA) is 32.9 Å². The second-order valence-corrected chi connectivity index (χ2v) is 5.26. The molecule has 0 bridgehead atoms. The van der Waals surface area contributed by atoms with Crippen LogP contribution in [0.1, 0.15) is 0 Å². The van der Waals surface area contributed by atoms with E-state index in [1.807, 2.05) is 18.2 Å². The van der Waals surface area contributed by atoms with Gasteiger partial charge in [-0.15, -0.1) is 0 Å². The molecule has 1 N–H and O–H groups in total. The van der Waals surface area contributed by atoms with Crippen LogP contribution in [0, 0.1) is 5.82 Å². The summed E-state index contributed by atoms with van der Waals surface area (Å²) in [5.41, 5.74) is -0.0872. The molecule has 1 heterocycles. The summed E-state index contributed by atoms with van der Waals surface area (Å²) in [7, 11) is 0. The van der Waals surface area contributed by atoms with Gasteiger partial charge in [-0.05, 0) is 53.9 Å². The Kier molecular flexibility index (Phi) is 3.09. The first-order chi connectivity index (χ1) is 9.22. The molecule has 19 heavy (non-hydrogen) atoms. The molecule has 0 saturated heterocycles. The van der Waals surface area contributed by atoms with Crippen molar-refractivity contribution in [1.82, 2.24) is 4.98 Å². The summed E-state index contributed by atoms with van der Waals surface area (Å²) >= 11 is 1.54. The summed E-state index contributed by atoms with van der Waals surface area (Å²) in [5, 5.41) is 1.57. The fraction of sp³-hybridized carbons (Fsp3) is 0. The number of aromatic nitrogens is 1. The maximum atomic E-state index is 12.8. The summed E-state index contributed by atoms with van der Waals surface area (Å²) in [6.45, 7) is 0. The monoisotopic (exact) mass is 271 g/mol. The van der Waals surface area contributed by atoms with Crippen LogP contribution in [-0.2, 0) is 0 Å². The van der Waals surface area contributed by atoms with E-state index in [-0.39, 0.29) is 11.4 Å². The van der Waals surface area contributed by atoms with Crippen LogP contribution in [0.25, 0.3) is 10.8 Å². The molecular weight excluding hydrogens is 261 g/mol. The molecule has 94 valence electrons. The van der Waals surface area contributed by atoms with Gasteiger partial charge in [0, 0.05) is 21.4 Å². The molecule has 0 saturated carbocycles. The minimum Gasteiger partial charge on any atom is -0.329 e. The lowest BCUT2D eigenvalue weighted by atomic mass is 10.2. The normalized spacial score (nSPS) is 10.8. The lowest BCUT2D eigenvalue weighted by Gasteiger charge is -2.03. The van der Waals surface area contributed by atoms with E-state index < -0.39 is 0 Å². The van der Waals surface area contributed by atoms with Gasteiger partial charge >= 0.3 is 0 Å². The molecule has 0 aliphatic rings. The van der Waals surface area contributed by atoms with Gasteiger partial charge in [0.05, 0.1) is 0 Å². The molecule has 4 heteroatoms. The van der Waals surface area contributed by atoms with E-state index in [2.05, 4.69) is 4.98 Å². The number of fused-ring (bicyclic) bond motifs is 1. The Morgan fingerprint density at radius 1 is 0.947 bits per heavy atom. The number of benzene rings is 2. The van der Waals surface area contributed by atoms with E-state index in [4.69, 9.17) is 0 Å². The number of hydrogen-bond acceptors (Lipinski definition) is 2. The van der Waals surface area contributed by atoms with Crippen molar-refractivity contribution in [2.45, 2.75) is 9.79 Å². The number of halogens is 1. The summed E-state index contributed by atoms with van der Waals surface area (Å²) in [5.74, 6) is -0.241. The third-order valence-electron chi connectivity index (χ3n) is 2.79. The Hall–Kier alpha value is -2.07. The second kappa shape index (κ2) is 4.90. The van der Waals surface area contributed by atoms with Crippen LogP contribution in [0.3, 0.4) is 0 Å². The highest BCUT2D eigenvalue weighted by molar-refractivity contribution is 7.99. The molecule has 0 spiro atoms. The number of hydrogen-bond donors (Lipinski definition) is 1. The quantitative estimate of drug-likeness (QED) is 0.768. The van der Waals surface area contributed by atoms with E-state index in [0.717, 1.165) is 15.2 Å². The van der Waals surface area contributed by atoms with Crippen molar-refractivity contribution in [2.75, 3.05) is 0 Å². The van der Waals surface area contributed by atoms with Crippen molar-refractivity contribution in [2.24, 2.45) is 0 Å². The summed E-state index contributed by atoms with van der Waals surface area (Å²) in [6.07, 6.45) is 1.64. The van der Waals surface area contributed by atoms with Gasteiger partial charge in [-0.3, -0.25) is 4.79 Å². The van der Waals surface area contributed by atoms with Gasteiger partial charge in [0.2, 0.25) is 0 Å². The highest BCUT2D eigenvalue weighted by Gasteiger charge is 2.02. The van der Waals surface area contributed by atoms with Crippen LogP contribution in [0.4, 0.5) is 4.39 Å². The molecule has 2 aromatic carbocycles. The molecule has 3 aromatic rings. The fourth-order valence-electron chi connectivity index (χ4n) is 1.87. The van der Waals surface area contributed by atoms with Crippen molar-refractivity contribution < 1.29 is 4.39 Å². The van der Waals surface area contributed by atoms with E-state index in [1.54, 1.807) is 24.4 Å². The molecule has 0 atom stereocenters. The highest BCUT2D eigenvalue weighted by Crippen LogP contribution is 2.29. The number of rotatable bonds is 2. The Morgan fingerprint density at radius 2 is 1.68 bits per heavy atom. The predicted octanol–water partition coefficient (Wildman–Crippen LogP) is 3.82. The summed E-state index contributed by atoms with van der Waals surface area (Å²) in [4.78, 5) is 16.2. The van der Waals surface area contributed by atoms with Crippen LogP contribution in [0.5, 0.6) is 0 Å². The van der Waals surface area contributed by atoms with Crippen LogP contribution in [0.2, 0.25) is 0 Å². The Bertz CT molecular complexity index is 780. The maximum absolute atomic E-state index is 12.8. The molecule has 0 aliphatic heterocycles. The molecule has 0 fully saturated rings. The van der Waals surface area contributed by atoms with Crippen LogP contribution in [-0.4, -0.2) is 4.98 Å². The van der Waals surface area contributed by atoms with Crippen molar-refractivity contribution >= 4 is 22.5 Å². The second-order valence-electron chi connectivity index (χ2n) is 4.11. The zero-order valence-corrected chi connectivity index (χ0v) is 10.7. The lowest BCUT2D eigenvalue weighted by molar-refractivity contribution is 0.626. The third kappa shape index (κ3) is 2.53. The Morgan fingerprint density at radius 3 is 2.47 bits per heavy atom. The van der Waals surface area contributed by atoms with Crippen LogP contribution >= 0.6 is 11.8 Å². The van der Waals surface area contributed by atoms with Crippen molar-refractivity contribution in [3.05, 3.63) is 70.9 Å². The zero-order valence-electron chi connectivity index (χ0n) is 9.89. The Labute approximate surface area is 113 Å². The standard InChI is InChI=1S/C15H10FNOS/c16-11-1-3-12(4-2-11)19-13-5-6-14-10(9-13)7-8-17-15(14)18/h1-9H,(H,17,18). The summed E-state index contributed by atoms with van der Waals surface area (Å²) < 4.78 is 12.8. The third-order valence-corrected chi connectivity index (χ3v) is 3.79. The van der Waals surface area contributed by atoms with Gasteiger partial charge in [-0.2, -0.15) is 0 Å². The number of nitrogens with one attached hydrogen (secondary N) is 1. The van der Waals surface area contributed by atoms with Gasteiger partial charge in [0.1, 0.15) is 5.82 Å². The minimum atomic E-state index is -0.241. The van der Waals surface area contributed by atoms with E-state index in [9.17, 15) is 9.18 Å². The molecule has 0 amide bonds. The molecule has 0 unspecified atom stereocenters. The smallest absolute Gasteiger partial charge is 0.255 e. The first-order valence-corrected chi connectivity index (χ1v) is 6.59. The van der Waals surface area contributed by atoms with Crippen molar-refractivity contribution in [3.63, 3.8) is 0 Å². The average molecular weight is 271 g/mol. The van der Waals surface area contributed by atoms with Crippen LogP contribution in [0.15, 0.2) is 69.3 Å². The summed E-state index contributed by atoms with van der Waals surface area (Å²) in [6, 6.07) is 13.9. The van der Waals surface area contributed by atoms with E-state index in [0.29, 0.717) is 5.39 Å². The van der Waals surface area contributed by atoms with E-state index in [1.165, 1.54) is 23.9 Å². The van der Waals surface area contributed by atoms with Crippen molar-refractivity contribution in [3.8, 4) is 0 Å². The first kappa shape index (κ1) is 12.0. The number of aromatic amines is 1. The molecule has 2 nitrogen and oxygen atoms in total. The SMILES string of the molecule is O=c1[nH]ccc2cc(Sc3ccc(F)cc3)ccc12. The largest absolute Gasteiger partial charge is 0.329 e. The van der Waals surface area contributed by atoms with Gasteiger partial charge in [0.15, 0.2) is 0 Å². The lowest BCUT2D eigenvalue weighted by Crippen LogP contribution is -2.03. The Balaban J connectivity index is 1.97. The van der Waals surface area contributed by atoms with Crippen LogP contribution < -0.4 is 5.56 Å². The number of H-pyrrole nitrogens is 1. The molecule has 1 aromatic heterocycles. The van der Waals surface area contributed by atoms with E-state index >= 15 is 0 Å². The highest BCUT2D eigenvalue weighted by atomic mass is 32.2. The number of pyridine rings is 1. The van der Waals surface area contributed by atoms with Gasteiger partial charge in [-0.25, -0.2) is 4.39 Å². The van der Waals surface area contributed by atoms with Crippen molar-refractivity contribution in [1.29, 1.82) is 0 Å². The van der Waals surface area contributed by atoms with Gasteiger partial charge < -0.3 is 4.98 Å². The fourth-order valence-corrected chi connectivity index (χ4v) is 2.74. The predicted molar refractivity (Wildman–Crippen MR) is 75.1 cm³/mol. The minimum absolute atomic E-state index is 0.0872. The molecule has 0 radical (unpaired) electrons. The average Bonchev–Trinajstić information content (AvgIpc) is 2.42. The maximum Gasteiger partial charge on any atom is 0.255 e. The molecule has 3 rings (SSSR count). The molecule has 0 aliphatic carbocycles. The molecular formula is C15H10FNOS.